The molecule has 7 nitrogen and oxygen atoms in total. The maximum Gasteiger partial charge on any atom is 0.252 e. The summed E-state index contributed by atoms with van der Waals surface area (Å²) in [5.74, 6) is -0.342. The van der Waals surface area contributed by atoms with E-state index in [1.807, 2.05) is 18.2 Å². The Morgan fingerprint density at radius 2 is 2.27 bits per heavy atom. The van der Waals surface area contributed by atoms with Gasteiger partial charge < -0.3 is 10.6 Å². The predicted molar refractivity (Wildman–Crippen MR) is 79.0 cm³/mol. The molecule has 0 spiro atoms. The second kappa shape index (κ2) is 6.38. The van der Waals surface area contributed by atoms with E-state index in [-0.39, 0.29) is 11.8 Å². The van der Waals surface area contributed by atoms with Crippen LogP contribution in [0.3, 0.4) is 0 Å². The van der Waals surface area contributed by atoms with E-state index in [2.05, 4.69) is 20.9 Å². The SMILES string of the molecule is O=C1NC(C(=O)NCCCn2ccnn2)Cc2ccccc21. The molecule has 1 aliphatic rings. The third-order valence-electron chi connectivity index (χ3n) is 3.64. The summed E-state index contributed by atoms with van der Waals surface area (Å²) in [6.07, 6.45) is 4.68. The predicted octanol–water partition coefficient (Wildman–Crippen LogP) is 0.139. The molecule has 1 aliphatic heterocycles. The van der Waals surface area contributed by atoms with Gasteiger partial charge in [-0.15, -0.1) is 5.10 Å². The molecule has 0 radical (unpaired) electrons. The quantitative estimate of drug-likeness (QED) is 0.769. The van der Waals surface area contributed by atoms with Gasteiger partial charge in [0.1, 0.15) is 6.04 Å². The van der Waals surface area contributed by atoms with E-state index >= 15 is 0 Å². The van der Waals surface area contributed by atoms with Crippen molar-refractivity contribution in [1.29, 1.82) is 0 Å². The van der Waals surface area contributed by atoms with Crippen LogP contribution < -0.4 is 10.6 Å². The highest BCUT2D eigenvalue weighted by Crippen LogP contribution is 2.16. The molecule has 0 fully saturated rings. The number of benzene rings is 1. The largest absolute Gasteiger partial charge is 0.354 e. The van der Waals surface area contributed by atoms with Gasteiger partial charge in [0.15, 0.2) is 0 Å². The summed E-state index contributed by atoms with van der Waals surface area (Å²) in [5, 5.41) is 13.2. The summed E-state index contributed by atoms with van der Waals surface area (Å²) < 4.78 is 1.71. The van der Waals surface area contributed by atoms with Crippen molar-refractivity contribution in [3.8, 4) is 0 Å². The first-order valence-electron chi connectivity index (χ1n) is 7.24. The normalized spacial score (nSPS) is 16.7. The standard InChI is InChI=1S/C15H17N5O2/c21-14-12-5-2-1-4-11(12)10-13(18-14)15(22)16-6-3-8-20-9-7-17-19-20/h1-2,4-5,7,9,13H,3,6,8,10H2,(H,16,22)(H,18,21). The van der Waals surface area contributed by atoms with Crippen molar-refractivity contribution in [2.75, 3.05) is 6.54 Å². The van der Waals surface area contributed by atoms with Crippen LogP contribution in [-0.2, 0) is 17.8 Å². The number of carbonyl (C=O) groups is 2. The monoisotopic (exact) mass is 299 g/mol. The number of rotatable bonds is 5. The number of nitrogens with one attached hydrogen (secondary N) is 2. The number of nitrogens with zero attached hydrogens (tertiary/aromatic N) is 3. The molecule has 2 heterocycles. The zero-order chi connectivity index (χ0) is 15.4. The lowest BCUT2D eigenvalue weighted by atomic mass is 9.95. The Morgan fingerprint density at radius 1 is 1.41 bits per heavy atom. The van der Waals surface area contributed by atoms with Gasteiger partial charge in [0.05, 0.1) is 6.20 Å². The molecule has 1 aromatic carbocycles. The van der Waals surface area contributed by atoms with E-state index in [9.17, 15) is 9.59 Å². The van der Waals surface area contributed by atoms with Crippen LogP contribution in [-0.4, -0.2) is 39.4 Å². The summed E-state index contributed by atoms with van der Waals surface area (Å²) in [5.41, 5.74) is 1.56. The molecule has 2 aromatic rings. The molecule has 22 heavy (non-hydrogen) atoms. The van der Waals surface area contributed by atoms with Crippen molar-refractivity contribution in [2.45, 2.75) is 25.4 Å². The smallest absolute Gasteiger partial charge is 0.252 e. The molecule has 0 saturated heterocycles. The lowest BCUT2D eigenvalue weighted by Crippen LogP contribution is -2.51. The number of carbonyl (C=O) groups excluding carboxylic acids is 2. The summed E-state index contributed by atoms with van der Waals surface area (Å²) in [7, 11) is 0. The third-order valence-corrected chi connectivity index (χ3v) is 3.64. The molecule has 2 N–H and O–H groups in total. The minimum atomic E-state index is -0.506. The maximum atomic E-state index is 12.2. The minimum Gasteiger partial charge on any atom is -0.354 e. The number of aromatic nitrogens is 3. The van der Waals surface area contributed by atoms with Crippen molar-refractivity contribution < 1.29 is 9.59 Å². The van der Waals surface area contributed by atoms with E-state index in [4.69, 9.17) is 0 Å². The third kappa shape index (κ3) is 3.13. The van der Waals surface area contributed by atoms with Crippen LogP contribution in [0, 0.1) is 0 Å². The molecule has 2 amide bonds. The fourth-order valence-electron chi connectivity index (χ4n) is 2.51. The average molecular weight is 299 g/mol. The Hall–Kier alpha value is -2.70. The molecule has 1 unspecified atom stereocenters. The molecular weight excluding hydrogens is 282 g/mol. The summed E-state index contributed by atoms with van der Waals surface area (Å²) in [4.78, 5) is 24.1. The molecule has 0 bridgehead atoms. The van der Waals surface area contributed by atoms with Gasteiger partial charge in [-0.1, -0.05) is 23.4 Å². The van der Waals surface area contributed by atoms with Crippen molar-refractivity contribution in [2.24, 2.45) is 0 Å². The summed E-state index contributed by atoms with van der Waals surface area (Å²) in [6.45, 7) is 1.23. The van der Waals surface area contributed by atoms with E-state index in [0.717, 1.165) is 12.0 Å². The van der Waals surface area contributed by atoms with Gasteiger partial charge in [-0.2, -0.15) is 0 Å². The van der Waals surface area contributed by atoms with Crippen LogP contribution >= 0.6 is 0 Å². The average Bonchev–Trinajstić information content (AvgIpc) is 3.04. The first-order valence-corrected chi connectivity index (χ1v) is 7.24. The second-order valence-corrected chi connectivity index (χ2v) is 5.20. The van der Waals surface area contributed by atoms with Crippen LogP contribution in [0.2, 0.25) is 0 Å². The Balaban J connectivity index is 1.50. The van der Waals surface area contributed by atoms with Gasteiger partial charge in [0, 0.05) is 31.3 Å². The Labute approximate surface area is 127 Å². The molecule has 1 atom stereocenters. The minimum absolute atomic E-state index is 0.151. The number of aryl methyl sites for hydroxylation is 1. The number of amides is 2. The van der Waals surface area contributed by atoms with Crippen LogP contribution in [0.15, 0.2) is 36.7 Å². The van der Waals surface area contributed by atoms with E-state index in [1.54, 1.807) is 23.1 Å². The van der Waals surface area contributed by atoms with E-state index in [0.29, 0.717) is 25.1 Å². The Kier molecular flexibility index (Phi) is 4.13. The van der Waals surface area contributed by atoms with Gasteiger partial charge in [0.2, 0.25) is 5.91 Å². The maximum absolute atomic E-state index is 12.2. The molecule has 1 aromatic heterocycles. The molecule has 0 aliphatic carbocycles. The molecular formula is C15H17N5O2. The number of hydrogen-bond donors (Lipinski definition) is 2. The van der Waals surface area contributed by atoms with Crippen LogP contribution in [0.5, 0.6) is 0 Å². The summed E-state index contributed by atoms with van der Waals surface area (Å²) >= 11 is 0. The van der Waals surface area contributed by atoms with E-state index < -0.39 is 6.04 Å². The van der Waals surface area contributed by atoms with Crippen LogP contribution in [0.25, 0.3) is 0 Å². The fraction of sp³-hybridized carbons (Fsp3) is 0.333. The lowest BCUT2D eigenvalue weighted by molar-refractivity contribution is -0.123. The van der Waals surface area contributed by atoms with Gasteiger partial charge in [-0.05, 0) is 18.1 Å². The van der Waals surface area contributed by atoms with Crippen LogP contribution in [0.4, 0.5) is 0 Å². The number of fused-ring (bicyclic) bond motifs is 1. The highest BCUT2D eigenvalue weighted by molar-refractivity contribution is 6.00. The summed E-state index contributed by atoms with van der Waals surface area (Å²) in [6, 6.07) is 6.86. The number of hydrogen-bond acceptors (Lipinski definition) is 4. The lowest BCUT2D eigenvalue weighted by Gasteiger charge is -2.24. The van der Waals surface area contributed by atoms with Crippen molar-refractivity contribution in [3.63, 3.8) is 0 Å². The van der Waals surface area contributed by atoms with Gasteiger partial charge in [-0.25, -0.2) is 0 Å². The first-order chi connectivity index (χ1) is 10.7. The zero-order valence-electron chi connectivity index (χ0n) is 12.0. The first kappa shape index (κ1) is 14.2. The molecule has 114 valence electrons. The zero-order valence-corrected chi connectivity index (χ0v) is 12.0. The van der Waals surface area contributed by atoms with Gasteiger partial charge in [0.25, 0.3) is 5.91 Å². The fourth-order valence-corrected chi connectivity index (χ4v) is 2.51. The Morgan fingerprint density at radius 3 is 3.09 bits per heavy atom. The highest BCUT2D eigenvalue weighted by atomic mass is 16.2. The molecule has 0 saturated carbocycles. The van der Waals surface area contributed by atoms with E-state index in [1.165, 1.54) is 0 Å². The molecule has 3 rings (SSSR count). The van der Waals surface area contributed by atoms with Gasteiger partial charge >= 0.3 is 0 Å². The topological polar surface area (TPSA) is 88.9 Å². The van der Waals surface area contributed by atoms with Crippen molar-refractivity contribution >= 4 is 11.8 Å². The Bertz CT molecular complexity index is 668. The van der Waals surface area contributed by atoms with Crippen LogP contribution in [0.1, 0.15) is 22.3 Å². The second-order valence-electron chi connectivity index (χ2n) is 5.20. The van der Waals surface area contributed by atoms with Gasteiger partial charge in [-0.3, -0.25) is 14.3 Å². The van der Waals surface area contributed by atoms with Crippen molar-refractivity contribution in [1.82, 2.24) is 25.6 Å². The molecule has 7 heteroatoms. The highest BCUT2D eigenvalue weighted by Gasteiger charge is 2.28. The van der Waals surface area contributed by atoms with Crippen molar-refractivity contribution in [3.05, 3.63) is 47.8 Å².